The third-order valence-corrected chi connectivity index (χ3v) is 3.10. The number of benzene rings is 1. The third kappa shape index (κ3) is 2.12. The van der Waals surface area contributed by atoms with Gasteiger partial charge < -0.3 is 10.4 Å². The predicted octanol–water partition coefficient (Wildman–Crippen LogP) is 2.29. The number of carboxylic acid groups (broad SMARTS) is 1. The van der Waals surface area contributed by atoms with Crippen molar-refractivity contribution in [3.63, 3.8) is 0 Å². The minimum Gasteiger partial charge on any atom is -0.465 e. The van der Waals surface area contributed by atoms with E-state index < -0.39 is 6.09 Å². The Labute approximate surface area is 89.1 Å². The fourth-order valence-corrected chi connectivity index (χ4v) is 1.87. The molecule has 0 aliphatic heterocycles. The van der Waals surface area contributed by atoms with Gasteiger partial charge in [0.05, 0.1) is 0 Å². The van der Waals surface area contributed by atoms with Crippen LogP contribution in [0.5, 0.6) is 0 Å². The van der Waals surface area contributed by atoms with E-state index in [4.69, 9.17) is 5.11 Å². The molecule has 0 unspecified atom stereocenters. The smallest absolute Gasteiger partial charge is 0.404 e. The van der Waals surface area contributed by atoms with Gasteiger partial charge in [-0.2, -0.15) is 0 Å². The summed E-state index contributed by atoms with van der Waals surface area (Å²) in [5, 5.41) is 11.1. The molecule has 3 heteroatoms. The summed E-state index contributed by atoms with van der Waals surface area (Å²) in [6.07, 6.45) is 1.22. The van der Waals surface area contributed by atoms with E-state index in [9.17, 15) is 4.79 Å². The van der Waals surface area contributed by atoms with Crippen molar-refractivity contribution in [1.29, 1.82) is 0 Å². The highest BCUT2D eigenvalue weighted by molar-refractivity contribution is 5.64. The van der Waals surface area contributed by atoms with Crippen LogP contribution in [0.3, 0.4) is 0 Å². The lowest BCUT2D eigenvalue weighted by atomic mass is 9.95. The molecule has 0 radical (unpaired) electrons. The molecule has 0 spiro atoms. The van der Waals surface area contributed by atoms with E-state index in [2.05, 4.69) is 36.5 Å². The van der Waals surface area contributed by atoms with Gasteiger partial charge in [-0.1, -0.05) is 29.8 Å². The Hall–Kier alpha value is -1.51. The van der Waals surface area contributed by atoms with Crippen LogP contribution in [0.2, 0.25) is 0 Å². The molecule has 0 aromatic heterocycles. The average Bonchev–Trinajstić information content (AvgIpc) is 2.97. The van der Waals surface area contributed by atoms with Gasteiger partial charge in [-0.05, 0) is 25.3 Å². The Morgan fingerprint density at radius 3 is 2.47 bits per heavy atom. The molecule has 1 aliphatic carbocycles. The maximum atomic E-state index is 10.4. The Balaban J connectivity index is 2.09. The molecular weight excluding hydrogens is 190 g/mol. The van der Waals surface area contributed by atoms with Gasteiger partial charge in [0.2, 0.25) is 0 Å². The average molecular weight is 205 g/mol. The summed E-state index contributed by atoms with van der Waals surface area (Å²) in [6.45, 7) is 2.59. The van der Waals surface area contributed by atoms with Crippen molar-refractivity contribution < 1.29 is 9.90 Å². The van der Waals surface area contributed by atoms with Crippen molar-refractivity contribution in [2.45, 2.75) is 25.2 Å². The van der Waals surface area contributed by atoms with Gasteiger partial charge >= 0.3 is 6.09 Å². The zero-order valence-electron chi connectivity index (χ0n) is 8.79. The highest BCUT2D eigenvalue weighted by Gasteiger charge is 2.44. The fourth-order valence-electron chi connectivity index (χ4n) is 1.87. The highest BCUT2D eigenvalue weighted by atomic mass is 16.4. The third-order valence-electron chi connectivity index (χ3n) is 3.10. The first-order valence-electron chi connectivity index (χ1n) is 5.16. The Kier molecular flexibility index (Phi) is 2.39. The zero-order valence-corrected chi connectivity index (χ0v) is 8.79. The first kappa shape index (κ1) is 10.0. The molecule has 0 bridgehead atoms. The van der Waals surface area contributed by atoms with E-state index in [-0.39, 0.29) is 5.41 Å². The van der Waals surface area contributed by atoms with Crippen LogP contribution >= 0.6 is 0 Å². The van der Waals surface area contributed by atoms with Crippen molar-refractivity contribution in [1.82, 2.24) is 5.32 Å². The van der Waals surface area contributed by atoms with Crippen LogP contribution in [0.25, 0.3) is 0 Å². The minimum absolute atomic E-state index is 0.0755. The van der Waals surface area contributed by atoms with Crippen molar-refractivity contribution in [3.05, 3.63) is 35.4 Å². The summed E-state index contributed by atoms with van der Waals surface area (Å²) < 4.78 is 0. The molecule has 1 aromatic carbocycles. The lowest BCUT2D eigenvalue weighted by Crippen LogP contribution is -2.30. The number of hydrogen-bond acceptors (Lipinski definition) is 1. The Morgan fingerprint density at radius 2 is 2.00 bits per heavy atom. The van der Waals surface area contributed by atoms with Gasteiger partial charge in [0.1, 0.15) is 0 Å². The van der Waals surface area contributed by atoms with E-state index in [0.29, 0.717) is 6.54 Å². The maximum absolute atomic E-state index is 10.4. The predicted molar refractivity (Wildman–Crippen MR) is 58.1 cm³/mol. The molecule has 1 amide bonds. The minimum atomic E-state index is -0.937. The zero-order chi connectivity index (χ0) is 10.9. The molecule has 2 N–H and O–H groups in total. The molecule has 15 heavy (non-hydrogen) atoms. The number of rotatable bonds is 3. The summed E-state index contributed by atoms with van der Waals surface area (Å²) in [6, 6.07) is 8.37. The van der Waals surface area contributed by atoms with E-state index in [1.807, 2.05) is 0 Å². The van der Waals surface area contributed by atoms with Crippen molar-refractivity contribution in [2.75, 3.05) is 6.54 Å². The second-order valence-electron chi connectivity index (χ2n) is 4.31. The SMILES string of the molecule is Cc1ccc(C2(CNC(=O)O)CC2)cc1. The number of hydrogen-bond donors (Lipinski definition) is 2. The van der Waals surface area contributed by atoms with Gasteiger partial charge in [0.15, 0.2) is 0 Å². The molecule has 1 aromatic rings. The summed E-state index contributed by atoms with van der Waals surface area (Å²) in [5.41, 5.74) is 2.56. The number of aryl methyl sites for hydroxylation is 1. The summed E-state index contributed by atoms with van der Waals surface area (Å²) in [4.78, 5) is 10.4. The van der Waals surface area contributed by atoms with Gasteiger partial charge in [0.25, 0.3) is 0 Å². The summed E-state index contributed by atoms with van der Waals surface area (Å²) in [7, 11) is 0. The molecule has 1 aliphatic rings. The first-order chi connectivity index (χ1) is 7.12. The van der Waals surface area contributed by atoms with E-state index in [1.165, 1.54) is 11.1 Å². The van der Waals surface area contributed by atoms with Crippen LogP contribution in [0.1, 0.15) is 24.0 Å². The van der Waals surface area contributed by atoms with Crippen molar-refractivity contribution >= 4 is 6.09 Å². The molecule has 80 valence electrons. The highest BCUT2D eigenvalue weighted by Crippen LogP contribution is 2.47. The number of carbonyl (C=O) groups is 1. The van der Waals surface area contributed by atoms with Crippen molar-refractivity contribution in [2.24, 2.45) is 0 Å². The first-order valence-corrected chi connectivity index (χ1v) is 5.16. The van der Waals surface area contributed by atoms with Crippen LogP contribution in [0.4, 0.5) is 4.79 Å². The topological polar surface area (TPSA) is 49.3 Å². The molecular formula is C12H15NO2. The Bertz CT molecular complexity index is 366. The summed E-state index contributed by atoms with van der Waals surface area (Å²) in [5.74, 6) is 0. The number of amides is 1. The molecule has 1 fully saturated rings. The standard InChI is InChI=1S/C12H15NO2/c1-9-2-4-10(5-3-9)12(6-7-12)8-13-11(14)15/h2-5,13H,6-8H2,1H3,(H,14,15). The largest absolute Gasteiger partial charge is 0.465 e. The maximum Gasteiger partial charge on any atom is 0.404 e. The van der Waals surface area contributed by atoms with Crippen LogP contribution < -0.4 is 5.32 Å². The van der Waals surface area contributed by atoms with E-state index in [0.717, 1.165) is 12.8 Å². The fraction of sp³-hybridized carbons (Fsp3) is 0.417. The lowest BCUT2D eigenvalue weighted by Gasteiger charge is -2.15. The number of nitrogens with one attached hydrogen (secondary N) is 1. The van der Waals surface area contributed by atoms with Gasteiger partial charge in [0, 0.05) is 12.0 Å². The quantitative estimate of drug-likeness (QED) is 0.795. The molecule has 0 atom stereocenters. The van der Waals surface area contributed by atoms with Crippen LogP contribution in [0.15, 0.2) is 24.3 Å². The normalized spacial score (nSPS) is 17.1. The van der Waals surface area contributed by atoms with Crippen molar-refractivity contribution in [3.8, 4) is 0 Å². The van der Waals surface area contributed by atoms with Gasteiger partial charge in [-0.25, -0.2) is 4.79 Å². The van der Waals surface area contributed by atoms with Crippen LogP contribution in [-0.2, 0) is 5.41 Å². The molecule has 2 rings (SSSR count). The van der Waals surface area contributed by atoms with E-state index in [1.54, 1.807) is 0 Å². The van der Waals surface area contributed by atoms with E-state index >= 15 is 0 Å². The van der Waals surface area contributed by atoms with Gasteiger partial charge in [-0.3, -0.25) is 0 Å². The molecule has 0 heterocycles. The molecule has 1 saturated carbocycles. The van der Waals surface area contributed by atoms with Crippen LogP contribution in [0, 0.1) is 6.92 Å². The lowest BCUT2D eigenvalue weighted by molar-refractivity contribution is 0.193. The summed E-state index contributed by atoms with van der Waals surface area (Å²) >= 11 is 0. The monoisotopic (exact) mass is 205 g/mol. The van der Waals surface area contributed by atoms with Gasteiger partial charge in [-0.15, -0.1) is 0 Å². The molecule has 3 nitrogen and oxygen atoms in total. The second kappa shape index (κ2) is 3.57. The van der Waals surface area contributed by atoms with Crippen LogP contribution in [-0.4, -0.2) is 17.7 Å². The second-order valence-corrected chi connectivity index (χ2v) is 4.31. The Morgan fingerprint density at radius 1 is 1.40 bits per heavy atom. The molecule has 0 saturated heterocycles.